The minimum Gasteiger partial charge on any atom is -0.481 e. The number of terminal acetylenes is 1. The molecule has 4 rings (SSSR count). The van der Waals surface area contributed by atoms with E-state index in [1.165, 1.54) is 13.2 Å². The summed E-state index contributed by atoms with van der Waals surface area (Å²) in [5.74, 6) is 2.47. The van der Waals surface area contributed by atoms with E-state index in [0.29, 0.717) is 28.3 Å². The summed E-state index contributed by atoms with van der Waals surface area (Å²) < 4.78 is 21.6. The van der Waals surface area contributed by atoms with Crippen molar-refractivity contribution < 1.29 is 14.2 Å². The van der Waals surface area contributed by atoms with Crippen LogP contribution in [0.1, 0.15) is 22.4 Å². The van der Waals surface area contributed by atoms with Gasteiger partial charge >= 0.3 is 0 Å². The molecule has 0 aliphatic heterocycles. The van der Waals surface area contributed by atoms with Crippen molar-refractivity contribution in [1.82, 2.24) is 9.55 Å². The number of pyridine rings is 1. The third-order valence-electron chi connectivity index (χ3n) is 5.23. The molecular formula is C25H18FN3O2. The third kappa shape index (κ3) is 3.61. The highest BCUT2D eigenvalue weighted by Gasteiger charge is 2.20. The van der Waals surface area contributed by atoms with Crippen LogP contribution >= 0.6 is 0 Å². The van der Waals surface area contributed by atoms with Crippen molar-refractivity contribution in [3.63, 3.8) is 0 Å². The molecule has 152 valence electrons. The van der Waals surface area contributed by atoms with Crippen molar-refractivity contribution in [2.45, 2.75) is 13.2 Å². The van der Waals surface area contributed by atoms with E-state index < -0.39 is 5.82 Å². The van der Waals surface area contributed by atoms with Gasteiger partial charge in [0.2, 0.25) is 5.88 Å². The molecule has 0 atom stereocenters. The summed E-state index contributed by atoms with van der Waals surface area (Å²) in [6, 6.07) is 15.6. The Bertz CT molecular complexity index is 1360. The average Bonchev–Trinajstić information content (AvgIpc) is 3.12. The molecule has 2 aromatic carbocycles. The van der Waals surface area contributed by atoms with Crippen LogP contribution in [-0.4, -0.2) is 21.8 Å². The minimum atomic E-state index is -0.414. The fourth-order valence-electron chi connectivity index (χ4n) is 3.73. The Morgan fingerprint density at radius 2 is 1.97 bits per heavy atom. The molecule has 4 aromatic rings. The summed E-state index contributed by atoms with van der Waals surface area (Å²) in [7, 11) is 1.53. The smallest absolute Gasteiger partial charge is 0.212 e. The lowest BCUT2D eigenvalue weighted by atomic mass is 10.0. The first-order chi connectivity index (χ1) is 15.1. The SMILES string of the molecule is C#Cc1ccc(Cn2c(CO)c(-c3ccc(OC)nc3)c3cc(C#N)ccc32)c(F)c1. The average molecular weight is 411 g/mol. The van der Waals surface area contributed by atoms with E-state index in [4.69, 9.17) is 11.2 Å². The fourth-order valence-corrected chi connectivity index (χ4v) is 3.73. The van der Waals surface area contributed by atoms with Crippen LogP contribution in [0.2, 0.25) is 0 Å². The molecule has 0 spiro atoms. The van der Waals surface area contributed by atoms with Gasteiger partial charge in [0, 0.05) is 45.4 Å². The molecule has 0 fully saturated rings. The molecule has 5 nitrogen and oxygen atoms in total. The van der Waals surface area contributed by atoms with Gasteiger partial charge in [-0.2, -0.15) is 5.26 Å². The summed E-state index contributed by atoms with van der Waals surface area (Å²) in [5.41, 5.74) is 4.25. The molecule has 0 aliphatic carbocycles. The summed E-state index contributed by atoms with van der Waals surface area (Å²) in [5, 5.41) is 20.4. The van der Waals surface area contributed by atoms with E-state index in [0.717, 1.165) is 22.0 Å². The number of nitriles is 1. The molecule has 1 N–H and O–H groups in total. The zero-order valence-electron chi connectivity index (χ0n) is 16.8. The van der Waals surface area contributed by atoms with Gasteiger partial charge in [0.15, 0.2) is 0 Å². The van der Waals surface area contributed by atoms with Crippen molar-refractivity contribution in [2.75, 3.05) is 7.11 Å². The Morgan fingerprint density at radius 3 is 2.58 bits per heavy atom. The zero-order chi connectivity index (χ0) is 22.0. The number of aromatic nitrogens is 2. The van der Waals surface area contributed by atoms with E-state index in [1.807, 2.05) is 10.6 Å². The minimum absolute atomic E-state index is 0.193. The second kappa shape index (κ2) is 8.31. The van der Waals surface area contributed by atoms with Gasteiger partial charge < -0.3 is 14.4 Å². The number of methoxy groups -OCH3 is 1. The lowest BCUT2D eigenvalue weighted by Gasteiger charge is -2.12. The maximum Gasteiger partial charge on any atom is 0.212 e. The third-order valence-corrected chi connectivity index (χ3v) is 5.23. The Balaban J connectivity index is 1.95. The molecular weight excluding hydrogens is 393 g/mol. The summed E-state index contributed by atoms with van der Waals surface area (Å²) in [6.45, 7) is -0.0828. The van der Waals surface area contributed by atoms with E-state index >= 15 is 0 Å². The molecule has 0 saturated heterocycles. The van der Waals surface area contributed by atoms with Crippen molar-refractivity contribution in [2.24, 2.45) is 0 Å². The summed E-state index contributed by atoms with van der Waals surface area (Å²) >= 11 is 0. The number of nitrogens with zero attached hydrogens (tertiary/aromatic N) is 3. The summed E-state index contributed by atoms with van der Waals surface area (Å²) in [4.78, 5) is 4.27. The van der Waals surface area contributed by atoms with Crippen LogP contribution in [-0.2, 0) is 13.2 Å². The number of aliphatic hydroxyl groups excluding tert-OH is 1. The standard InChI is InChI=1S/C25H18FN3O2/c1-3-16-4-6-19(21(26)11-16)14-29-22-8-5-17(12-27)10-20(22)25(23(29)15-30)18-7-9-24(31-2)28-13-18/h1,4-11,13,30H,14-15H2,2H3. The van der Waals surface area contributed by atoms with Gasteiger partial charge in [-0.05, 0) is 36.4 Å². The molecule has 31 heavy (non-hydrogen) atoms. The largest absolute Gasteiger partial charge is 0.481 e. The maximum atomic E-state index is 14.7. The first kappa shape index (κ1) is 20.2. The lowest BCUT2D eigenvalue weighted by Crippen LogP contribution is -2.07. The molecule has 0 radical (unpaired) electrons. The molecule has 2 heterocycles. The van der Waals surface area contributed by atoms with E-state index in [-0.39, 0.29) is 13.2 Å². The number of aliphatic hydroxyl groups is 1. The molecule has 0 saturated carbocycles. The Morgan fingerprint density at radius 1 is 1.16 bits per heavy atom. The van der Waals surface area contributed by atoms with Gasteiger partial charge in [-0.1, -0.05) is 12.0 Å². The van der Waals surface area contributed by atoms with Crippen molar-refractivity contribution >= 4 is 10.9 Å². The second-order valence-corrected chi connectivity index (χ2v) is 6.95. The quantitative estimate of drug-likeness (QED) is 0.499. The van der Waals surface area contributed by atoms with Gasteiger partial charge in [0.25, 0.3) is 0 Å². The molecule has 0 aliphatic rings. The van der Waals surface area contributed by atoms with E-state index in [1.54, 1.807) is 42.6 Å². The van der Waals surface area contributed by atoms with Crippen molar-refractivity contribution in [1.29, 1.82) is 5.26 Å². The van der Waals surface area contributed by atoms with Crippen LogP contribution in [0.25, 0.3) is 22.0 Å². The van der Waals surface area contributed by atoms with Crippen molar-refractivity contribution in [3.05, 3.63) is 82.9 Å². The van der Waals surface area contributed by atoms with Gasteiger partial charge in [-0.3, -0.25) is 0 Å². The molecule has 0 unspecified atom stereocenters. The number of rotatable bonds is 5. The predicted molar refractivity (Wildman–Crippen MR) is 116 cm³/mol. The zero-order valence-corrected chi connectivity index (χ0v) is 16.8. The van der Waals surface area contributed by atoms with Crippen LogP contribution < -0.4 is 4.74 Å². The van der Waals surface area contributed by atoms with Crippen LogP contribution in [0, 0.1) is 29.5 Å². The Hall–Kier alpha value is -4.13. The van der Waals surface area contributed by atoms with Gasteiger partial charge in [0.1, 0.15) is 5.82 Å². The second-order valence-electron chi connectivity index (χ2n) is 6.95. The van der Waals surface area contributed by atoms with Gasteiger partial charge in [0.05, 0.1) is 37.6 Å². The lowest BCUT2D eigenvalue weighted by molar-refractivity contribution is 0.272. The van der Waals surface area contributed by atoms with Crippen LogP contribution in [0.3, 0.4) is 0 Å². The highest BCUT2D eigenvalue weighted by molar-refractivity contribution is 5.98. The Labute approximate surface area is 179 Å². The van der Waals surface area contributed by atoms with E-state index in [2.05, 4.69) is 17.0 Å². The number of halogens is 1. The highest BCUT2D eigenvalue weighted by Crippen LogP contribution is 2.36. The van der Waals surface area contributed by atoms with E-state index in [9.17, 15) is 14.8 Å². The number of benzene rings is 2. The number of ether oxygens (including phenoxy) is 1. The first-order valence-corrected chi connectivity index (χ1v) is 9.51. The predicted octanol–water partition coefficient (Wildman–Crippen LogP) is 4.24. The normalized spacial score (nSPS) is 10.6. The summed E-state index contributed by atoms with van der Waals surface area (Å²) in [6.07, 6.45) is 7.01. The van der Waals surface area contributed by atoms with Crippen LogP contribution in [0.15, 0.2) is 54.7 Å². The molecule has 6 heteroatoms. The molecule has 0 bridgehead atoms. The molecule has 0 amide bonds. The Kier molecular flexibility index (Phi) is 5.41. The van der Waals surface area contributed by atoms with Crippen LogP contribution in [0.5, 0.6) is 5.88 Å². The van der Waals surface area contributed by atoms with Gasteiger partial charge in [-0.15, -0.1) is 6.42 Å². The molecule has 2 aromatic heterocycles. The van der Waals surface area contributed by atoms with Crippen LogP contribution in [0.4, 0.5) is 4.39 Å². The monoisotopic (exact) mass is 411 g/mol. The topological polar surface area (TPSA) is 71.1 Å². The highest BCUT2D eigenvalue weighted by atomic mass is 19.1. The van der Waals surface area contributed by atoms with Gasteiger partial charge in [-0.25, -0.2) is 9.37 Å². The number of hydrogen-bond acceptors (Lipinski definition) is 4. The fraction of sp³-hybridized carbons (Fsp3) is 0.120. The van der Waals surface area contributed by atoms with Crippen molar-refractivity contribution in [3.8, 4) is 35.4 Å². The number of hydrogen-bond donors (Lipinski definition) is 1. The maximum absolute atomic E-state index is 14.7. The number of fused-ring (bicyclic) bond motifs is 1. The first-order valence-electron chi connectivity index (χ1n) is 9.51.